The van der Waals surface area contributed by atoms with E-state index in [9.17, 15) is 9.59 Å². The minimum Gasteiger partial charge on any atom is -0.497 e. The molecule has 1 aromatic heterocycles. The molecule has 2 aromatic carbocycles. The van der Waals surface area contributed by atoms with E-state index in [1.807, 2.05) is 48.5 Å². The van der Waals surface area contributed by atoms with Crippen LogP contribution in [0.25, 0.3) is 10.6 Å². The number of hydrogen-bond acceptors (Lipinski definition) is 6. The molecule has 9 heteroatoms. The van der Waals surface area contributed by atoms with E-state index < -0.39 is 6.04 Å². The quantitative estimate of drug-likeness (QED) is 0.579. The lowest BCUT2D eigenvalue weighted by Gasteiger charge is -2.23. The number of methoxy groups -OCH3 is 1. The van der Waals surface area contributed by atoms with Crippen molar-refractivity contribution >= 4 is 34.1 Å². The summed E-state index contributed by atoms with van der Waals surface area (Å²) in [5.74, 6) is 0.465. The van der Waals surface area contributed by atoms with Crippen LogP contribution in [-0.4, -0.2) is 46.7 Å². The molecule has 0 spiro atoms. The summed E-state index contributed by atoms with van der Waals surface area (Å²) in [6.45, 7) is 2.61. The molecule has 166 valence electrons. The second-order valence-corrected chi connectivity index (χ2v) is 8.44. The zero-order valence-electron chi connectivity index (χ0n) is 18.0. The van der Waals surface area contributed by atoms with E-state index in [0.717, 1.165) is 24.2 Å². The molecular weight excluding hydrogens is 426 g/mol. The number of urea groups is 1. The third kappa shape index (κ3) is 4.88. The fourth-order valence-corrected chi connectivity index (χ4v) is 4.38. The smallest absolute Gasteiger partial charge is 0.322 e. The van der Waals surface area contributed by atoms with Gasteiger partial charge in [-0.3, -0.25) is 10.1 Å². The van der Waals surface area contributed by atoms with Gasteiger partial charge in [0.2, 0.25) is 11.0 Å². The second-order valence-electron chi connectivity index (χ2n) is 7.47. The zero-order valence-corrected chi connectivity index (χ0v) is 18.8. The fraction of sp³-hybridized carbons (Fsp3) is 0.304. The van der Waals surface area contributed by atoms with E-state index in [1.54, 1.807) is 12.0 Å². The number of benzene rings is 2. The number of carbonyl (C=O) groups excluding carboxylic acids is 2. The van der Waals surface area contributed by atoms with E-state index in [1.165, 1.54) is 16.9 Å². The van der Waals surface area contributed by atoms with E-state index in [0.29, 0.717) is 28.8 Å². The lowest BCUT2D eigenvalue weighted by atomic mass is 10.1. The van der Waals surface area contributed by atoms with Crippen molar-refractivity contribution in [2.75, 3.05) is 24.3 Å². The second kappa shape index (κ2) is 9.78. The number of amides is 3. The normalized spacial score (nSPS) is 15.4. The molecule has 1 fully saturated rings. The minimum atomic E-state index is -0.547. The van der Waals surface area contributed by atoms with Crippen LogP contribution in [0.3, 0.4) is 0 Å². The van der Waals surface area contributed by atoms with Gasteiger partial charge in [-0.1, -0.05) is 42.5 Å². The molecule has 0 bridgehead atoms. The van der Waals surface area contributed by atoms with Gasteiger partial charge in [-0.05, 0) is 49.1 Å². The fourth-order valence-electron chi connectivity index (χ4n) is 3.64. The molecule has 2 N–H and O–H groups in total. The number of ether oxygens (including phenoxy) is 1. The summed E-state index contributed by atoms with van der Waals surface area (Å²) >= 11 is 1.28. The first-order chi connectivity index (χ1) is 15.6. The van der Waals surface area contributed by atoms with Crippen LogP contribution in [0.5, 0.6) is 5.75 Å². The molecule has 3 amide bonds. The maximum absolute atomic E-state index is 12.9. The SMILES string of the molecule is CCc1ccc(NC(=O)N2CCCC2C(=O)Nc2nnc(-c3cccc(OC)c3)s2)cc1. The van der Waals surface area contributed by atoms with Gasteiger partial charge in [0, 0.05) is 17.8 Å². The number of carbonyl (C=O) groups is 2. The predicted molar refractivity (Wildman–Crippen MR) is 125 cm³/mol. The number of nitrogens with zero attached hydrogens (tertiary/aromatic N) is 3. The Morgan fingerprint density at radius 1 is 1.16 bits per heavy atom. The van der Waals surface area contributed by atoms with Gasteiger partial charge in [-0.25, -0.2) is 4.79 Å². The van der Waals surface area contributed by atoms with Crippen molar-refractivity contribution in [1.29, 1.82) is 0 Å². The van der Waals surface area contributed by atoms with Crippen LogP contribution in [0.4, 0.5) is 15.6 Å². The predicted octanol–water partition coefficient (Wildman–Crippen LogP) is 4.41. The number of anilines is 2. The summed E-state index contributed by atoms with van der Waals surface area (Å²) in [5, 5.41) is 15.0. The van der Waals surface area contributed by atoms with Crippen LogP contribution in [0, 0.1) is 0 Å². The van der Waals surface area contributed by atoms with Crippen molar-refractivity contribution in [3.63, 3.8) is 0 Å². The van der Waals surface area contributed by atoms with Crippen LogP contribution >= 0.6 is 11.3 Å². The molecule has 32 heavy (non-hydrogen) atoms. The topological polar surface area (TPSA) is 96.5 Å². The van der Waals surface area contributed by atoms with Crippen LogP contribution in [-0.2, 0) is 11.2 Å². The highest BCUT2D eigenvalue weighted by Crippen LogP contribution is 2.29. The number of aryl methyl sites for hydroxylation is 1. The van der Waals surface area contributed by atoms with Crippen molar-refractivity contribution in [3.05, 3.63) is 54.1 Å². The summed E-state index contributed by atoms with van der Waals surface area (Å²) in [4.78, 5) is 27.3. The number of rotatable bonds is 6. The molecule has 0 radical (unpaired) electrons. The minimum absolute atomic E-state index is 0.257. The summed E-state index contributed by atoms with van der Waals surface area (Å²) in [5.41, 5.74) is 2.77. The number of likely N-dealkylation sites (tertiary alicyclic amines) is 1. The maximum Gasteiger partial charge on any atom is 0.322 e. The maximum atomic E-state index is 12.9. The Labute approximate surface area is 190 Å². The van der Waals surface area contributed by atoms with Gasteiger partial charge in [0.25, 0.3) is 0 Å². The van der Waals surface area contributed by atoms with Gasteiger partial charge in [0.05, 0.1) is 7.11 Å². The number of nitrogens with one attached hydrogen (secondary N) is 2. The molecule has 1 aliphatic rings. The van der Waals surface area contributed by atoms with Gasteiger partial charge in [0.1, 0.15) is 16.8 Å². The van der Waals surface area contributed by atoms with E-state index in [-0.39, 0.29) is 11.9 Å². The third-order valence-corrected chi connectivity index (χ3v) is 6.29. The Bertz CT molecular complexity index is 1100. The van der Waals surface area contributed by atoms with Crippen LogP contribution < -0.4 is 15.4 Å². The van der Waals surface area contributed by atoms with Crippen molar-refractivity contribution in [3.8, 4) is 16.3 Å². The largest absolute Gasteiger partial charge is 0.497 e. The Kier molecular flexibility index (Phi) is 6.65. The Morgan fingerprint density at radius 2 is 1.97 bits per heavy atom. The first kappa shape index (κ1) is 21.8. The van der Waals surface area contributed by atoms with Gasteiger partial charge in [-0.2, -0.15) is 0 Å². The van der Waals surface area contributed by atoms with Gasteiger partial charge >= 0.3 is 6.03 Å². The third-order valence-electron chi connectivity index (χ3n) is 5.40. The van der Waals surface area contributed by atoms with Crippen LogP contribution in [0.15, 0.2) is 48.5 Å². The Balaban J connectivity index is 1.40. The zero-order chi connectivity index (χ0) is 22.5. The molecule has 8 nitrogen and oxygen atoms in total. The van der Waals surface area contributed by atoms with Crippen molar-refractivity contribution < 1.29 is 14.3 Å². The Hall–Kier alpha value is -3.46. The van der Waals surface area contributed by atoms with Gasteiger partial charge in [0.15, 0.2) is 0 Å². The molecule has 1 atom stereocenters. The molecule has 3 aromatic rings. The van der Waals surface area contributed by atoms with Crippen molar-refractivity contribution in [1.82, 2.24) is 15.1 Å². The summed E-state index contributed by atoms with van der Waals surface area (Å²) in [7, 11) is 1.61. The van der Waals surface area contributed by atoms with Crippen molar-refractivity contribution in [2.45, 2.75) is 32.2 Å². The highest BCUT2D eigenvalue weighted by atomic mass is 32.1. The first-order valence-corrected chi connectivity index (χ1v) is 11.3. The molecule has 0 aliphatic carbocycles. The van der Waals surface area contributed by atoms with Crippen LogP contribution in [0.2, 0.25) is 0 Å². The first-order valence-electron chi connectivity index (χ1n) is 10.5. The average Bonchev–Trinajstić information content (AvgIpc) is 3.49. The van der Waals surface area contributed by atoms with E-state index >= 15 is 0 Å². The lowest BCUT2D eigenvalue weighted by molar-refractivity contribution is -0.119. The molecule has 2 heterocycles. The van der Waals surface area contributed by atoms with Crippen molar-refractivity contribution in [2.24, 2.45) is 0 Å². The Morgan fingerprint density at radius 3 is 2.72 bits per heavy atom. The average molecular weight is 452 g/mol. The van der Waals surface area contributed by atoms with Gasteiger partial charge < -0.3 is 15.0 Å². The lowest BCUT2D eigenvalue weighted by Crippen LogP contribution is -2.45. The van der Waals surface area contributed by atoms with E-state index in [4.69, 9.17) is 4.74 Å². The molecule has 0 saturated carbocycles. The summed E-state index contributed by atoms with van der Waals surface area (Å²) in [6.07, 6.45) is 2.31. The monoisotopic (exact) mass is 451 g/mol. The van der Waals surface area contributed by atoms with E-state index in [2.05, 4.69) is 27.8 Å². The highest BCUT2D eigenvalue weighted by molar-refractivity contribution is 7.18. The molecular formula is C23H25N5O3S. The summed E-state index contributed by atoms with van der Waals surface area (Å²) in [6, 6.07) is 14.4. The molecule has 1 unspecified atom stereocenters. The highest BCUT2D eigenvalue weighted by Gasteiger charge is 2.34. The molecule has 1 aliphatic heterocycles. The number of hydrogen-bond donors (Lipinski definition) is 2. The summed E-state index contributed by atoms with van der Waals surface area (Å²) < 4.78 is 5.25. The number of aromatic nitrogens is 2. The molecule has 4 rings (SSSR count). The van der Waals surface area contributed by atoms with Gasteiger partial charge in [-0.15, -0.1) is 10.2 Å². The standard InChI is InChI=1S/C23H25N5O3S/c1-3-15-9-11-17(12-10-15)24-23(30)28-13-5-8-19(28)20(29)25-22-27-26-21(32-22)16-6-4-7-18(14-16)31-2/h4,6-7,9-12,14,19H,3,5,8,13H2,1-2H3,(H,24,30)(H,25,27,29). The molecule has 1 saturated heterocycles. The van der Waals surface area contributed by atoms with Crippen LogP contribution in [0.1, 0.15) is 25.3 Å².